The van der Waals surface area contributed by atoms with Crippen LogP contribution in [-0.4, -0.2) is 12.2 Å². The van der Waals surface area contributed by atoms with Crippen molar-refractivity contribution < 1.29 is 9.59 Å². The highest BCUT2D eigenvalue weighted by Crippen LogP contribution is 2.44. The standard InChI is InChI=1S/C14H13NO2/c16-8-15-13-12(9-4-3-5-9)10-6-1-2-7-11(10)14(13)17/h1-2,6-9H,3-5H2,(H,15,16,17). The lowest BCUT2D eigenvalue weighted by molar-refractivity contribution is -0.108. The minimum absolute atomic E-state index is 0.0467. The summed E-state index contributed by atoms with van der Waals surface area (Å²) in [4.78, 5) is 22.8. The number of hydrogen-bond donors (Lipinski definition) is 1. The van der Waals surface area contributed by atoms with E-state index in [2.05, 4.69) is 5.32 Å². The normalized spacial score (nSPS) is 18.9. The van der Waals surface area contributed by atoms with Crippen LogP contribution in [0.4, 0.5) is 0 Å². The molecule has 0 atom stereocenters. The van der Waals surface area contributed by atoms with Crippen molar-refractivity contribution in [1.29, 1.82) is 0 Å². The molecule has 0 bridgehead atoms. The van der Waals surface area contributed by atoms with E-state index in [1.807, 2.05) is 24.3 Å². The Labute approximate surface area is 99.5 Å². The molecule has 2 aliphatic carbocycles. The molecule has 17 heavy (non-hydrogen) atoms. The Balaban J connectivity index is 2.13. The average Bonchev–Trinajstić information content (AvgIpc) is 2.54. The lowest BCUT2D eigenvalue weighted by Crippen LogP contribution is -2.20. The Morgan fingerprint density at radius 1 is 1.18 bits per heavy atom. The number of rotatable bonds is 3. The van der Waals surface area contributed by atoms with E-state index < -0.39 is 0 Å². The first-order valence-electron chi connectivity index (χ1n) is 5.91. The van der Waals surface area contributed by atoms with Gasteiger partial charge in [-0.15, -0.1) is 0 Å². The fourth-order valence-electron chi connectivity index (χ4n) is 2.63. The van der Waals surface area contributed by atoms with Crippen LogP contribution in [0.1, 0.15) is 35.2 Å². The number of carbonyl (C=O) groups is 2. The number of allylic oxidation sites excluding steroid dienone is 2. The zero-order valence-corrected chi connectivity index (χ0v) is 9.40. The maximum atomic E-state index is 12.2. The summed E-state index contributed by atoms with van der Waals surface area (Å²) in [6.07, 6.45) is 4.03. The van der Waals surface area contributed by atoms with Gasteiger partial charge in [-0.25, -0.2) is 0 Å². The van der Waals surface area contributed by atoms with Crippen LogP contribution in [0.15, 0.2) is 30.0 Å². The summed E-state index contributed by atoms with van der Waals surface area (Å²) in [7, 11) is 0. The molecule has 1 aromatic carbocycles. The van der Waals surface area contributed by atoms with Crippen LogP contribution in [0, 0.1) is 5.92 Å². The third-order valence-corrected chi connectivity index (χ3v) is 3.67. The quantitative estimate of drug-likeness (QED) is 0.804. The van der Waals surface area contributed by atoms with Gasteiger partial charge in [-0.1, -0.05) is 30.7 Å². The second-order valence-electron chi connectivity index (χ2n) is 4.55. The van der Waals surface area contributed by atoms with Crippen LogP contribution in [0.25, 0.3) is 5.57 Å². The second-order valence-corrected chi connectivity index (χ2v) is 4.55. The van der Waals surface area contributed by atoms with E-state index in [-0.39, 0.29) is 5.78 Å². The van der Waals surface area contributed by atoms with Gasteiger partial charge in [-0.2, -0.15) is 0 Å². The number of Topliss-reactive ketones (excluding diaryl/α,β-unsaturated/α-hetero) is 1. The van der Waals surface area contributed by atoms with Gasteiger partial charge in [-0.3, -0.25) is 9.59 Å². The number of nitrogens with one attached hydrogen (secondary N) is 1. The number of hydrogen-bond acceptors (Lipinski definition) is 2. The molecule has 1 saturated carbocycles. The van der Waals surface area contributed by atoms with Crippen molar-refractivity contribution in [2.75, 3.05) is 0 Å². The van der Waals surface area contributed by atoms with Crippen molar-refractivity contribution >= 4 is 17.8 Å². The van der Waals surface area contributed by atoms with E-state index in [0.29, 0.717) is 18.0 Å². The first-order chi connectivity index (χ1) is 8.33. The van der Waals surface area contributed by atoms with Crippen molar-refractivity contribution in [3.8, 4) is 0 Å². The van der Waals surface area contributed by atoms with Gasteiger partial charge in [0.2, 0.25) is 12.2 Å². The zero-order chi connectivity index (χ0) is 11.8. The SMILES string of the molecule is O=CNC1=C(C2CCC2)c2ccccc2C1=O. The fraction of sp³-hybridized carbons (Fsp3) is 0.286. The zero-order valence-electron chi connectivity index (χ0n) is 9.40. The van der Waals surface area contributed by atoms with Crippen molar-refractivity contribution in [2.24, 2.45) is 5.92 Å². The lowest BCUT2D eigenvalue weighted by atomic mass is 9.77. The van der Waals surface area contributed by atoms with E-state index in [1.165, 1.54) is 6.42 Å². The second kappa shape index (κ2) is 3.84. The molecule has 2 aliphatic rings. The molecule has 0 spiro atoms. The van der Waals surface area contributed by atoms with E-state index in [4.69, 9.17) is 0 Å². The monoisotopic (exact) mass is 227 g/mol. The topological polar surface area (TPSA) is 46.2 Å². The average molecular weight is 227 g/mol. The maximum absolute atomic E-state index is 12.2. The van der Waals surface area contributed by atoms with Crippen molar-refractivity contribution in [1.82, 2.24) is 5.32 Å². The molecule has 0 aromatic heterocycles. The van der Waals surface area contributed by atoms with E-state index in [0.717, 1.165) is 29.5 Å². The van der Waals surface area contributed by atoms with E-state index in [9.17, 15) is 9.59 Å². The molecule has 0 aliphatic heterocycles. The highest BCUT2D eigenvalue weighted by Gasteiger charge is 2.35. The Bertz CT molecular complexity index is 527. The first-order valence-corrected chi connectivity index (χ1v) is 5.91. The number of ketones is 1. The number of benzene rings is 1. The van der Waals surface area contributed by atoms with Gasteiger partial charge >= 0.3 is 0 Å². The maximum Gasteiger partial charge on any atom is 0.211 e. The lowest BCUT2D eigenvalue weighted by Gasteiger charge is -2.28. The van der Waals surface area contributed by atoms with Crippen LogP contribution in [0.3, 0.4) is 0 Å². The van der Waals surface area contributed by atoms with E-state index >= 15 is 0 Å². The van der Waals surface area contributed by atoms with Crippen molar-refractivity contribution in [3.05, 3.63) is 41.1 Å². The first kappa shape index (κ1) is 10.3. The molecule has 1 aromatic rings. The molecule has 0 unspecified atom stereocenters. The van der Waals surface area contributed by atoms with Crippen LogP contribution < -0.4 is 5.32 Å². The molecule has 1 amide bonds. The van der Waals surface area contributed by atoms with Gasteiger partial charge in [0, 0.05) is 5.56 Å². The summed E-state index contributed by atoms with van der Waals surface area (Å²) in [6, 6.07) is 7.60. The molecule has 0 radical (unpaired) electrons. The van der Waals surface area contributed by atoms with Crippen LogP contribution in [-0.2, 0) is 4.79 Å². The highest BCUT2D eigenvalue weighted by molar-refractivity contribution is 6.21. The van der Waals surface area contributed by atoms with E-state index in [1.54, 1.807) is 0 Å². The molecular weight excluding hydrogens is 214 g/mol. The van der Waals surface area contributed by atoms with Gasteiger partial charge in [0.25, 0.3) is 0 Å². The van der Waals surface area contributed by atoms with Gasteiger partial charge in [0.15, 0.2) is 0 Å². The molecule has 86 valence electrons. The molecule has 1 N–H and O–H groups in total. The Kier molecular flexibility index (Phi) is 2.32. The van der Waals surface area contributed by atoms with Crippen molar-refractivity contribution in [3.63, 3.8) is 0 Å². The van der Waals surface area contributed by atoms with Crippen molar-refractivity contribution in [2.45, 2.75) is 19.3 Å². The largest absolute Gasteiger partial charge is 0.325 e. The number of carbonyl (C=O) groups excluding carboxylic acids is 2. The molecular formula is C14H13NO2. The Morgan fingerprint density at radius 2 is 1.88 bits per heavy atom. The Hall–Kier alpha value is -1.90. The third kappa shape index (κ3) is 1.42. The van der Waals surface area contributed by atoms with Crippen LogP contribution >= 0.6 is 0 Å². The Morgan fingerprint density at radius 3 is 2.47 bits per heavy atom. The molecule has 1 fully saturated rings. The smallest absolute Gasteiger partial charge is 0.211 e. The van der Waals surface area contributed by atoms with Crippen LogP contribution in [0.5, 0.6) is 0 Å². The summed E-state index contributed by atoms with van der Waals surface area (Å²) in [5.74, 6) is 0.389. The van der Waals surface area contributed by atoms with Gasteiger partial charge in [0.05, 0.1) is 5.70 Å². The van der Waals surface area contributed by atoms with Gasteiger partial charge in [-0.05, 0) is 29.9 Å². The summed E-state index contributed by atoms with van der Waals surface area (Å²) in [5, 5.41) is 2.59. The summed E-state index contributed by atoms with van der Waals surface area (Å²) >= 11 is 0. The molecule has 0 heterocycles. The molecule has 3 nitrogen and oxygen atoms in total. The summed E-state index contributed by atoms with van der Waals surface area (Å²) < 4.78 is 0. The fourth-order valence-corrected chi connectivity index (χ4v) is 2.63. The third-order valence-electron chi connectivity index (χ3n) is 3.67. The predicted octanol–water partition coefficient (Wildman–Crippen LogP) is 2.14. The minimum atomic E-state index is -0.0467. The molecule has 3 rings (SSSR count). The summed E-state index contributed by atoms with van der Waals surface area (Å²) in [6.45, 7) is 0. The van der Waals surface area contributed by atoms with Crippen LogP contribution in [0.2, 0.25) is 0 Å². The molecule has 0 saturated heterocycles. The minimum Gasteiger partial charge on any atom is -0.325 e. The predicted molar refractivity (Wildman–Crippen MR) is 64.2 cm³/mol. The number of fused-ring (bicyclic) bond motifs is 1. The highest BCUT2D eigenvalue weighted by atomic mass is 16.1. The number of amides is 1. The van der Waals surface area contributed by atoms with Gasteiger partial charge in [0.1, 0.15) is 0 Å². The summed E-state index contributed by atoms with van der Waals surface area (Å²) in [5.41, 5.74) is 3.26. The molecule has 3 heteroatoms. The van der Waals surface area contributed by atoms with Gasteiger partial charge < -0.3 is 5.32 Å².